The van der Waals surface area contributed by atoms with Crippen molar-refractivity contribution in [1.29, 1.82) is 0 Å². The first-order valence-corrected chi connectivity index (χ1v) is 9.45. The van der Waals surface area contributed by atoms with Crippen LogP contribution in [0.5, 0.6) is 11.5 Å². The maximum atomic E-state index is 13.1. The molecular weight excluding hydrogens is 334 g/mol. The third-order valence-corrected chi connectivity index (χ3v) is 5.82. The van der Waals surface area contributed by atoms with Crippen molar-refractivity contribution in [3.05, 3.63) is 23.8 Å². The largest absolute Gasteiger partial charge is 0.497 e. The molecule has 6 nitrogen and oxygen atoms in total. The van der Waals surface area contributed by atoms with Crippen molar-refractivity contribution in [3.63, 3.8) is 0 Å². The number of rotatable bonds is 4. The van der Waals surface area contributed by atoms with Gasteiger partial charge in [-0.2, -0.15) is 0 Å². The third-order valence-electron chi connectivity index (χ3n) is 5.82. The number of carbonyl (C=O) groups excluding carboxylic acids is 2. The first kappa shape index (κ1) is 17.2. The zero-order chi connectivity index (χ0) is 18.3. The van der Waals surface area contributed by atoms with Gasteiger partial charge in [-0.05, 0) is 31.9 Å². The van der Waals surface area contributed by atoms with Gasteiger partial charge in [0.25, 0.3) is 0 Å². The highest BCUT2D eigenvalue weighted by Gasteiger charge is 2.55. The van der Waals surface area contributed by atoms with Crippen molar-refractivity contribution < 1.29 is 23.8 Å². The van der Waals surface area contributed by atoms with E-state index in [0.29, 0.717) is 24.7 Å². The fourth-order valence-corrected chi connectivity index (χ4v) is 4.55. The van der Waals surface area contributed by atoms with Crippen molar-refractivity contribution >= 4 is 11.9 Å². The number of fused-ring (bicyclic) bond motifs is 3. The minimum atomic E-state index is -0.455. The summed E-state index contributed by atoms with van der Waals surface area (Å²) in [5.41, 5.74) is 0.953. The van der Waals surface area contributed by atoms with Crippen LogP contribution in [-0.2, 0) is 14.3 Å². The van der Waals surface area contributed by atoms with Gasteiger partial charge in [0.15, 0.2) is 0 Å². The molecule has 140 valence electrons. The maximum Gasteiger partial charge on any atom is 0.314 e. The van der Waals surface area contributed by atoms with Crippen LogP contribution in [0.2, 0.25) is 0 Å². The van der Waals surface area contributed by atoms with Crippen molar-refractivity contribution in [3.8, 4) is 11.5 Å². The molecule has 0 radical (unpaired) electrons. The van der Waals surface area contributed by atoms with Gasteiger partial charge in [-0.25, -0.2) is 0 Å². The lowest BCUT2D eigenvalue weighted by atomic mass is 9.98. The monoisotopic (exact) mass is 359 g/mol. The predicted molar refractivity (Wildman–Crippen MR) is 93.9 cm³/mol. The van der Waals surface area contributed by atoms with Crippen molar-refractivity contribution in [2.45, 2.75) is 44.8 Å². The lowest BCUT2D eigenvalue weighted by Crippen LogP contribution is -2.36. The Morgan fingerprint density at radius 3 is 2.73 bits per heavy atom. The van der Waals surface area contributed by atoms with Crippen LogP contribution in [0.3, 0.4) is 0 Å². The molecule has 0 N–H and O–H groups in total. The van der Waals surface area contributed by atoms with E-state index in [1.807, 2.05) is 23.1 Å². The molecule has 6 heteroatoms. The normalized spacial score (nSPS) is 27.0. The molecule has 0 spiro atoms. The smallest absolute Gasteiger partial charge is 0.314 e. The van der Waals surface area contributed by atoms with E-state index in [0.717, 1.165) is 31.2 Å². The Morgan fingerprint density at radius 1 is 1.27 bits per heavy atom. The number of hydrogen-bond acceptors (Lipinski definition) is 5. The average molecular weight is 359 g/mol. The van der Waals surface area contributed by atoms with Gasteiger partial charge in [0.1, 0.15) is 23.5 Å². The van der Waals surface area contributed by atoms with Crippen LogP contribution in [0.25, 0.3) is 0 Å². The van der Waals surface area contributed by atoms with Crippen LogP contribution in [0, 0.1) is 11.8 Å². The molecule has 1 aromatic carbocycles. The predicted octanol–water partition coefficient (Wildman–Crippen LogP) is 2.71. The highest BCUT2D eigenvalue weighted by Crippen LogP contribution is 2.49. The number of nitrogens with zero attached hydrogens (tertiary/aromatic N) is 1. The molecule has 0 aromatic heterocycles. The van der Waals surface area contributed by atoms with E-state index in [4.69, 9.17) is 14.2 Å². The highest BCUT2D eigenvalue weighted by molar-refractivity contribution is 5.83. The molecule has 0 unspecified atom stereocenters. The van der Waals surface area contributed by atoms with Crippen LogP contribution >= 0.6 is 0 Å². The van der Waals surface area contributed by atoms with Crippen LogP contribution in [0.15, 0.2) is 18.2 Å². The number of carbonyl (C=O) groups is 2. The Morgan fingerprint density at radius 2 is 2.04 bits per heavy atom. The summed E-state index contributed by atoms with van der Waals surface area (Å²) in [5.74, 6) is 0.866. The van der Waals surface area contributed by atoms with Crippen molar-refractivity contribution in [2.75, 3.05) is 20.3 Å². The molecule has 1 saturated heterocycles. The molecule has 1 aliphatic carbocycles. The standard InChI is InChI=1S/C20H25NO5/c1-3-25-20(23)15-11-21(19(22)12-6-4-5-7-12)17-14-9-8-13(24-2)10-16(14)26-18(15)17/h8-10,12,15,17-18H,3-7,11H2,1-2H3/t15-,17+,18+/m1/s1. The SMILES string of the molecule is CCOC(=O)[C@@H]1CN(C(=O)C2CCCC2)[C@H]2c3ccc(OC)cc3O[C@@H]12. The number of likely N-dealkylation sites (tertiary alicyclic amines) is 1. The molecule has 3 aliphatic rings. The van der Waals surface area contributed by atoms with Gasteiger partial charge in [0, 0.05) is 24.1 Å². The minimum Gasteiger partial charge on any atom is -0.497 e. The Kier molecular flexibility index (Phi) is 4.51. The van der Waals surface area contributed by atoms with E-state index in [1.165, 1.54) is 0 Å². The van der Waals surface area contributed by atoms with Crippen LogP contribution in [-0.4, -0.2) is 43.1 Å². The first-order chi connectivity index (χ1) is 12.6. The van der Waals surface area contributed by atoms with Gasteiger partial charge in [-0.3, -0.25) is 9.59 Å². The maximum absolute atomic E-state index is 13.1. The quantitative estimate of drug-likeness (QED) is 0.774. The van der Waals surface area contributed by atoms with E-state index in [2.05, 4.69) is 0 Å². The van der Waals surface area contributed by atoms with E-state index in [-0.39, 0.29) is 29.9 Å². The Bertz CT molecular complexity index is 712. The van der Waals surface area contributed by atoms with E-state index < -0.39 is 5.92 Å². The zero-order valence-corrected chi connectivity index (χ0v) is 15.3. The molecule has 26 heavy (non-hydrogen) atoms. The fourth-order valence-electron chi connectivity index (χ4n) is 4.55. The topological polar surface area (TPSA) is 65.1 Å². The van der Waals surface area contributed by atoms with Crippen LogP contribution in [0.4, 0.5) is 0 Å². The van der Waals surface area contributed by atoms with Gasteiger partial charge in [-0.1, -0.05) is 12.8 Å². The zero-order valence-electron chi connectivity index (χ0n) is 15.3. The van der Waals surface area contributed by atoms with Crippen LogP contribution < -0.4 is 9.47 Å². The molecular formula is C20H25NO5. The highest BCUT2D eigenvalue weighted by atomic mass is 16.5. The molecule has 1 aromatic rings. The van der Waals surface area contributed by atoms with Crippen molar-refractivity contribution in [2.24, 2.45) is 11.8 Å². The molecule has 1 amide bonds. The summed E-state index contributed by atoms with van der Waals surface area (Å²) in [6, 6.07) is 5.42. The number of ether oxygens (including phenoxy) is 3. The summed E-state index contributed by atoms with van der Waals surface area (Å²) in [7, 11) is 1.61. The average Bonchev–Trinajstić information content (AvgIpc) is 3.36. The molecule has 2 heterocycles. The molecule has 3 atom stereocenters. The lowest BCUT2D eigenvalue weighted by Gasteiger charge is -2.26. The number of hydrogen-bond donors (Lipinski definition) is 0. The lowest BCUT2D eigenvalue weighted by molar-refractivity contribution is -0.149. The second-order valence-corrected chi connectivity index (χ2v) is 7.26. The molecule has 2 aliphatic heterocycles. The Labute approximate surface area is 153 Å². The number of benzene rings is 1. The van der Waals surface area contributed by atoms with Gasteiger partial charge in [0.2, 0.25) is 5.91 Å². The molecule has 4 rings (SSSR count). The number of amides is 1. The second kappa shape index (κ2) is 6.82. The van der Waals surface area contributed by atoms with Crippen LogP contribution in [0.1, 0.15) is 44.2 Å². The van der Waals surface area contributed by atoms with Gasteiger partial charge in [-0.15, -0.1) is 0 Å². The summed E-state index contributed by atoms with van der Waals surface area (Å²) < 4.78 is 16.6. The Balaban J connectivity index is 1.67. The van der Waals surface area contributed by atoms with Gasteiger partial charge in [0.05, 0.1) is 19.8 Å². The first-order valence-electron chi connectivity index (χ1n) is 9.45. The van der Waals surface area contributed by atoms with E-state index >= 15 is 0 Å². The van der Waals surface area contributed by atoms with Gasteiger partial charge >= 0.3 is 5.97 Å². The summed E-state index contributed by atoms with van der Waals surface area (Å²) in [5, 5.41) is 0. The number of esters is 1. The molecule has 2 fully saturated rings. The summed E-state index contributed by atoms with van der Waals surface area (Å²) in [6.45, 7) is 2.49. The van der Waals surface area contributed by atoms with Gasteiger partial charge < -0.3 is 19.1 Å². The van der Waals surface area contributed by atoms with E-state index in [9.17, 15) is 9.59 Å². The minimum absolute atomic E-state index is 0.0684. The number of methoxy groups -OCH3 is 1. The molecule has 1 saturated carbocycles. The summed E-state index contributed by atoms with van der Waals surface area (Å²) >= 11 is 0. The summed E-state index contributed by atoms with van der Waals surface area (Å²) in [6.07, 6.45) is 3.69. The fraction of sp³-hybridized carbons (Fsp3) is 0.600. The van der Waals surface area contributed by atoms with Crippen molar-refractivity contribution in [1.82, 2.24) is 4.90 Å². The van der Waals surface area contributed by atoms with E-state index in [1.54, 1.807) is 14.0 Å². The third kappa shape index (κ3) is 2.72. The second-order valence-electron chi connectivity index (χ2n) is 7.26. The Hall–Kier alpha value is -2.24. The molecule has 0 bridgehead atoms. The summed E-state index contributed by atoms with van der Waals surface area (Å²) in [4.78, 5) is 27.5.